The molecule has 2 aliphatic carbocycles. The zero-order valence-corrected chi connectivity index (χ0v) is 15.2. The smallest absolute Gasteiger partial charge is 0.336 e. The Morgan fingerprint density at radius 2 is 2.04 bits per heavy atom. The maximum atomic E-state index is 11.8. The Labute approximate surface area is 149 Å². The van der Waals surface area contributed by atoms with Gasteiger partial charge in [-0.25, -0.2) is 4.79 Å². The van der Waals surface area contributed by atoms with Crippen molar-refractivity contribution in [2.45, 2.75) is 58.2 Å². The highest BCUT2D eigenvalue weighted by molar-refractivity contribution is 5.91. The van der Waals surface area contributed by atoms with E-state index in [1.807, 2.05) is 13.0 Å². The highest BCUT2D eigenvalue weighted by atomic mass is 16.6. The Hall–Kier alpha value is -1.17. The van der Waals surface area contributed by atoms with Crippen LogP contribution >= 0.6 is 0 Å². The van der Waals surface area contributed by atoms with Gasteiger partial charge in [0.25, 0.3) is 0 Å². The Morgan fingerprint density at radius 1 is 1.32 bits per heavy atom. The van der Waals surface area contributed by atoms with E-state index in [-0.39, 0.29) is 30.5 Å². The van der Waals surface area contributed by atoms with E-state index in [2.05, 4.69) is 13.5 Å². The average molecular weight is 350 g/mol. The molecule has 0 aromatic heterocycles. The molecule has 5 nitrogen and oxygen atoms in total. The first-order chi connectivity index (χ1) is 11.7. The van der Waals surface area contributed by atoms with Crippen LogP contribution in [-0.2, 0) is 9.53 Å². The summed E-state index contributed by atoms with van der Waals surface area (Å²) in [5.74, 6) is -0.0734. The molecule has 0 aromatic carbocycles. The molecule has 6 atom stereocenters. The van der Waals surface area contributed by atoms with Gasteiger partial charge >= 0.3 is 5.97 Å². The van der Waals surface area contributed by atoms with Crippen LogP contribution in [0.15, 0.2) is 23.8 Å². The van der Waals surface area contributed by atoms with Crippen LogP contribution in [0.5, 0.6) is 0 Å². The Kier molecular flexibility index (Phi) is 4.86. The van der Waals surface area contributed by atoms with Crippen molar-refractivity contribution < 1.29 is 24.9 Å². The van der Waals surface area contributed by atoms with E-state index in [9.17, 15) is 20.1 Å². The zero-order valence-electron chi connectivity index (χ0n) is 15.2. The molecular formula is C20H30O5. The minimum Gasteiger partial charge on any atom is -0.459 e. The number of fused-ring (bicyclic) bond motifs is 1. The summed E-state index contributed by atoms with van der Waals surface area (Å²) in [7, 11) is 0. The van der Waals surface area contributed by atoms with Crippen LogP contribution in [0, 0.1) is 22.7 Å². The molecule has 0 amide bonds. The third-order valence-corrected chi connectivity index (χ3v) is 7.23. The van der Waals surface area contributed by atoms with Gasteiger partial charge in [0.1, 0.15) is 12.7 Å². The average Bonchev–Trinajstić information content (AvgIpc) is 2.89. The van der Waals surface area contributed by atoms with E-state index in [0.717, 1.165) is 24.8 Å². The van der Waals surface area contributed by atoms with Crippen LogP contribution in [0.4, 0.5) is 0 Å². The minimum absolute atomic E-state index is 0.0280. The number of carbonyl (C=O) groups is 1. The third-order valence-electron chi connectivity index (χ3n) is 7.23. The van der Waals surface area contributed by atoms with Gasteiger partial charge < -0.3 is 20.1 Å². The second-order valence-electron chi connectivity index (χ2n) is 8.54. The number of aliphatic hydroxyl groups is 3. The SMILES string of the molecule is C=C1CC[C@H]2[C@](C)(CO)[C@H](O)CC[C@@]2(C)[C@H]1C/C=C1/C(=O)OC[C@H]1O. The fraction of sp³-hybridized carbons (Fsp3) is 0.750. The van der Waals surface area contributed by atoms with Gasteiger partial charge in [0.05, 0.1) is 18.3 Å². The molecule has 0 unspecified atom stereocenters. The Bertz CT molecular complexity index is 597. The van der Waals surface area contributed by atoms with Gasteiger partial charge in [0.15, 0.2) is 0 Å². The van der Waals surface area contributed by atoms with Gasteiger partial charge in [-0.2, -0.15) is 0 Å². The molecule has 0 aromatic rings. The molecule has 5 heteroatoms. The molecule has 140 valence electrons. The molecule has 3 N–H and O–H groups in total. The molecule has 1 heterocycles. The molecule has 0 spiro atoms. The quantitative estimate of drug-likeness (QED) is 0.411. The van der Waals surface area contributed by atoms with Gasteiger partial charge in [-0.3, -0.25) is 0 Å². The molecule has 1 aliphatic heterocycles. The molecule has 3 rings (SSSR count). The summed E-state index contributed by atoms with van der Waals surface area (Å²) in [6.45, 7) is 8.50. The monoisotopic (exact) mass is 350 g/mol. The summed E-state index contributed by atoms with van der Waals surface area (Å²) >= 11 is 0. The topological polar surface area (TPSA) is 87.0 Å². The lowest BCUT2D eigenvalue weighted by atomic mass is 9.46. The Morgan fingerprint density at radius 3 is 2.64 bits per heavy atom. The summed E-state index contributed by atoms with van der Waals surface area (Å²) < 4.78 is 4.90. The fourth-order valence-electron chi connectivity index (χ4n) is 5.56. The van der Waals surface area contributed by atoms with Gasteiger partial charge in [-0.05, 0) is 49.4 Å². The van der Waals surface area contributed by atoms with Crippen LogP contribution in [0.25, 0.3) is 0 Å². The van der Waals surface area contributed by atoms with Crippen molar-refractivity contribution >= 4 is 5.97 Å². The lowest BCUT2D eigenvalue weighted by Gasteiger charge is -2.59. The maximum Gasteiger partial charge on any atom is 0.336 e. The van der Waals surface area contributed by atoms with Crippen molar-refractivity contribution in [1.29, 1.82) is 0 Å². The summed E-state index contributed by atoms with van der Waals surface area (Å²) in [6.07, 6.45) is 4.42. The predicted molar refractivity (Wildman–Crippen MR) is 93.6 cm³/mol. The summed E-state index contributed by atoms with van der Waals surface area (Å²) in [5.41, 5.74) is 0.911. The standard InChI is InChI=1S/C20H30O5/c1-12-4-7-16-19(2,9-8-17(23)20(16,3)11-21)14(12)6-5-13-15(22)10-25-18(13)24/h5,14-17,21-23H,1,4,6-11H2,2-3H3/b13-5+/t14-,15+,16+,17+,19-,20-/m0/s1. The molecule has 2 saturated carbocycles. The molecule has 25 heavy (non-hydrogen) atoms. The zero-order chi connectivity index (χ0) is 18.4. The number of hydrogen-bond acceptors (Lipinski definition) is 5. The van der Waals surface area contributed by atoms with Crippen molar-refractivity contribution in [2.24, 2.45) is 22.7 Å². The van der Waals surface area contributed by atoms with E-state index < -0.39 is 23.6 Å². The van der Waals surface area contributed by atoms with Crippen LogP contribution in [-0.4, -0.2) is 46.7 Å². The van der Waals surface area contributed by atoms with Crippen LogP contribution < -0.4 is 0 Å². The van der Waals surface area contributed by atoms with Crippen molar-refractivity contribution in [2.75, 3.05) is 13.2 Å². The normalized spacial score (nSPS) is 46.2. The first-order valence-corrected chi connectivity index (χ1v) is 9.26. The number of ether oxygens (including phenoxy) is 1. The first-order valence-electron chi connectivity index (χ1n) is 9.26. The largest absolute Gasteiger partial charge is 0.459 e. The second kappa shape index (κ2) is 6.53. The number of hydrogen-bond donors (Lipinski definition) is 3. The highest BCUT2D eigenvalue weighted by Gasteiger charge is 2.57. The number of esters is 1. The van der Waals surface area contributed by atoms with Crippen LogP contribution in [0.2, 0.25) is 0 Å². The molecule has 1 saturated heterocycles. The lowest BCUT2D eigenvalue weighted by Crippen LogP contribution is -2.57. The number of allylic oxidation sites excluding steroid dienone is 2. The van der Waals surface area contributed by atoms with E-state index in [1.54, 1.807) is 0 Å². The van der Waals surface area contributed by atoms with Crippen molar-refractivity contribution in [3.8, 4) is 0 Å². The second-order valence-corrected chi connectivity index (χ2v) is 8.54. The molecular weight excluding hydrogens is 320 g/mol. The number of carbonyl (C=O) groups excluding carboxylic acids is 1. The highest BCUT2D eigenvalue weighted by Crippen LogP contribution is 2.61. The third kappa shape index (κ3) is 2.86. The molecule has 3 aliphatic rings. The van der Waals surface area contributed by atoms with E-state index in [1.165, 1.54) is 0 Å². The van der Waals surface area contributed by atoms with Gasteiger partial charge in [0, 0.05) is 5.41 Å². The van der Waals surface area contributed by atoms with Gasteiger partial charge in [0.2, 0.25) is 0 Å². The minimum atomic E-state index is -0.844. The number of aliphatic hydroxyl groups excluding tert-OH is 3. The molecule has 0 radical (unpaired) electrons. The molecule has 0 bridgehead atoms. The van der Waals surface area contributed by atoms with E-state index >= 15 is 0 Å². The van der Waals surface area contributed by atoms with Gasteiger partial charge in [-0.15, -0.1) is 0 Å². The van der Waals surface area contributed by atoms with Gasteiger partial charge in [-0.1, -0.05) is 32.1 Å². The van der Waals surface area contributed by atoms with E-state index in [0.29, 0.717) is 18.4 Å². The fourth-order valence-corrected chi connectivity index (χ4v) is 5.56. The predicted octanol–water partition coefficient (Wildman–Crippen LogP) is 1.96. The summed E-state index contributed by atoms with van der Waals surface area (Å²) in [4.78, 5) is 11.8. The molecule has 3 fully saturated rings. The van der Waals surface area contributed by atoms with E-state index in [4.69, 9.17) is 4.74 Å². The van der Waals surface area contributed by atoms with Crippen molar-refractivity contribution in [3.05, 3.63) is 23.8 Å². The maximum absolute atomic E-state index is 11.8. The summed E-state index contributed by atoms with van der Waals surface area (Å²) in [5, 5.41) is 30.4. The van der Waals surface area contributed by atoms with Crippen molar-refractivity contribution in [1.82, 2.24) is 0 Å². The van der Waals surface area contributed by atoms with Crippen molar-refractivity contribution in [3.63, 3.8) is 0 Å². The Balaban J connectivity index is 1.89. The van der Waals surface area contributed by atoms with Crippen LogP contribution in [0.1, 0.15) is 46.0 Å². The lowest BCUT2D eigenvalue weighted by molar-refractivity contribution is -0.151. The number of rotatable bonds is 3. The van der Waals surface area contributed by atoms with Crippen LogP contribution in [0.3, 0.4) is 0 Å². The number of cyclic esters (lactones) is 1. The first kappa shape index (κ1) is 18.6. The summed E-state index contributed by atoms with van der Waals surface area (Å²) in [6, 6.07) is 0.